The zero-order chi connectivity index (χ0) is 27.1. The molecule has 0 unspecified atom stereocenters. The summed E-state index contributed by atoms with van der Waals surface area (Å²) in [4.78, 5) is 28.0. The number of rotatable bonds is 11. The first-order valence-corrected chi connectivity index (χ1v) is 13.5. The van der Waals surface area contributed by atoms with Gasteiger partial charge in [0, 0.05) is 12.1 Å². The van der Waals surface area contributed by atoms with Gasteiger partial charge in [-0.2, -0.15) is 0 Å². The number of nitrogens with one attached hydrogen (secondary N) is 1. The molecule has 1 atom stereocenters. The third-order valence-electron chi connectivity index (χ3n) is 5.27. The Hall–Kier alpha value is -3.27. The summed E-state index contributed by atoms with van der Waals surface area (Å²) >= 11 is 0. The van der Waals surface area contributed by atoms with Crippen LogP contribution in [0.2, 0.25) is 0 Å². The van der Waals surface area contributed by atoms with Crippen LogP contribution < -0.4 is 19.1 Å². The average Bonchev–Trinajstić information content (AvgIpc) is 2.79. The molecule has 0 radical (unpaired) electrons. The van der Waals surface area contributed by atoms with Crippen molar-refractivity contribution in [1.29, 1.82) is 0 Å². The first-order chi connectivity index (χ1) is 16.7. The van der Waals surface area contributed by atoms with E-state index in [1.807, 2.05) is 33.8 Å². The van der Waals surface area contributed by atoms with Gasteiger partial charge in [0.1, 0.15) is 24.1 Å². The van der Waals surface area contributed by atoms with E-state index in [0.29, 0.717) is 23.8 Å². The van der Waals surface area contributed by atoms with Crippen molar-refractivity contribution < 1.29 is 27.5 Å². The van der Waals surface area contributed by atoms with Gasteiger partial charge >= 0.3 is 0 Å². The summed E-state index contributed by atoms with van der Waals surface area (Å²) in [5.41, 5.74) is 0.560. The van der Waals surface area contributed by atoms with E-state index < -0.39 is 34.1 Å². The molecule has 0 spiro atoms. The highest BCUT2D eigenvalue weighted by atomic mass is 32.2. The average molecular weight is 520 g/mol. The summed E-state index contributed by atoms with van der Waals surface area (Å²) in [6, 6.07) is 12.8. The van der Waals surface area contributed by atoms with Crippen molar-refractivity contribution in [1.82, 2.24) is 10.2 Å². The second kappa shape index (κ2) is 12.1. The maximum atomic E-state index is 13.6. The highest BCUT2D eigenvalue weighted by molar-refractivity contribution is 7.92. The van der Waals surface area contributed by atoms with Crippen molar-refractivity contribution in [2.75, 3.05) is 30.8 Å². The lowest BCUT2D eigenvalue weighted by Crippen LogP contribution is -2.54. The topological polar surface area (TPSA) is 105 Å². The molecule has 0 aliphatic carbocycles. The van der Waals surface area contributed by atoms with E-state index in [1.165, 1.54) is 4.90 Å². The molecule has 2 aromatic rings. The van der Waals surface area contributed by atoms with Crippen LogP contribution in [-0.2, 0) is 26.2 Å². The predicted molar refractivity (Wildman–Crippen MR) is 141 cm³/mol. The van der Waals surface area contributed by atoms with Crippen LogP contribution in [0.1, 0.15) is 40.2 Å². The maximum absolute atomic E-state index is 13.6. The van der Waals surface area contributed by atoms with E-state index in [-0.39, 0.29) is 12.5 Å². The van der Waals surface area contributed by atoms with Gasteiger partial charge in [-0.15, -0.1) is 0 Å². The molecule has 0 saturated heterocycles. The van der Waals surface area contributed by atoms with Crippen molar-refractivity contribution in [3.05, 3.63) is 54.1 Å². The minimum atomic E-state index is -3.81. The number of carbonyl (C=O) groups excluding carboxylic acids is 2. The van der Waals surface area contributed by atoms with E-state index >= 15 is 0 Å². The summed E-state index contributed by atoms with van der Waals surface area (Å²) in [5.74, 6) is 0.339. The summed E-state index contributed by atoms with van der Waals surface area (Å²) in [5, 5.41) is 2.89. The Kier molecular flexibility index (Phi) is 9.75. The molecule has 0 bridgehead atoms. The van der Waals surface area contributed by atoms with Crippen LogP contribution in [0, 0.1) is 0 Å². The molecule has 2 amide bonds. The lowest BCUT2D eigenvalue weighted by atomic mass is 10.1. The molecule has 0 fully saturated rings. The summed E-state index contributed by atoms with van der Waals surface area (Å²) in [6.07, 6.45) is 1.04. The smallest absolute Gasteiger partial charge is 0.244 e. The highest BCUT2D eigenvalue weighted by Gasteiger charge is 2.31. The van der Waals surface area contributed by atoms with Crippen molar-refractivity contribution in [2.45, 2.75) is 52.7 Å². The molecular formula is C26H37N3O6S. The first-order valence-electron chi connectivity index (χ1n) is 11.7. The molecule has 2 rings (SSSR count). The standard InChI is InChI=1S/C26H37N3O6S/c1-8-35-22-14-12-21(13-15-22)29(36(7,32)33)18-24(30)28(19(2)25(31)27-26(3,4)5)17-20-10-9-11-23(16-20)34-6/h9-16,19H,8,17-18H2,1-7H3,(H,27,31)/t19-/m0/s1. The number of amides is 2. The van der Waals surface area contributed by atoms with E-state index in [1.54, 1.807) is 56.5 Å². The number of ether oxygens (including phenoxy) is 2. The fourth-order valence-electron chi connectivity index (χ4n) is 3.51. The second-order valence-electron chi connectivity index (χ2n) is 9.48. The van der Waals surface area contributed by atoms with Gasteiger partial charge in [0.15, 0.2) is 0 Å². The van der Waals surface area contributed by atoms with E-state index in [2.05, 4.69) is 5.32 Å². The van der Waals surface area contributed by atoms with Gasteiger partial charge in [0.2, 0.25) is 21.8 Å². The van der Waals surface area contributed by atoms with E-state index in [4.69, 9.17) is 9.47 Å². The number of methoxy groups -OCH3 is 1. The van der Waals surface area contributed by atoms with E-state index in [9.17, 15) is 18.0 Å². The molecule has 0 aromatic heterocycles. The number of anilines is 1. The van der Waals surface area contributed by atoms with Crippen molar-refractivity contribution in [2.24, 2.45) is 0 Å². The van der Waals surface area contributed by atoms with Gasteiger partial charge in [-0.1, -0.05) is 12.1 Å². The Morgan fingerprint density at radius 1 is 1.06 bits per heavy atom. The van der Waals surface area contributed by atoms with Crippen LogP contribution in [0.3, 0.4) is 0 Å². The van der Waals surface area contributed by atoms with Crippen LogP contribution in [0.15, 0.2) is 48.5 Å². The molecule has 0 aliphatic rings. The van der Waals surface area contributed by atoms with Crippen LogP contribution in [0.5, 0.6) is 11.5 Å². The Labute approximate surface area is 214 Å². The number of nitrogens with zero attached hydrogens (tertiary/aromatic N) is 2. The molecule has 0 saturated carbocycles. The lowest BCUT2D eigenvalue weighted by molar-refractivity contribution is -0.140. The van der Waals surface area contributed by atoms with E-state index in [0.717, 1.165) is 16.1 Å². The first kappa shape index (κ1) is 29.0. The molecule has 10 heteroatoms. The molecule has 198 valence electrons. The van der Waals surface area contributed by atoms with Gasteiger partial charge in [-0.05, 0) is 76.6 Å². The highest BCUT2D eigenvalue weighted by Crippen LogP contribution is 2.23. The van der Waals surface area contributed by atoms with Crippen LogP contribution in [-0.4, -0.2) is 63.2 Å². The lowest BCUT2D eigenvalue weighted by Gasteiger charge is -2.33. The predicted octanol–water partition coefficient (Wildman–Crippen LogP) is 3.19. The summed E-state index contributed by atoms with van der Waals surface area (Å²) in [7, 11) is -2.26. The molecule has 0 aliphatic heterocycles. The van der Waals surface area contributed by atoms with Crippen LogP contribution in [0.25, 0.3) is 0 Å². The Bertz CT molecular complexity index is 1140. The van der Waals surface area contributed by atoms with Gasteiger partial charge in [0.05, 0.1) is 25.7 Å². The molecular weight excluding hydrogens is 482 g/mol. The van der Waals surface area contributed by atoms with Crippen molar-refractivity contribution >= 4 is 27.5 Å². The maximum Gasteiger partial charge on any atom is 0.244 e. The molecule has 36 heavy (non-hydrogen) atoms. The Balaban J connectivity index is 2.40. The minimum Gasteiger partial charge on any atom is -0.497 e. The second-order valence-corrected chi connectivity index (χ2v) is 11.4. The molecule has 0 heterocycles. The van der Waals surface area contributed by atoms with Gasteiger partial charge < -0.3 is 19.7 Å². The summed E-state index contributed by atoms with van der Waals surface area (Å²) < 4.78 is 37.1. The summed E-state index contributed by atoms with van der Waals surface area (Å²) in [6.45, 7) is 9.13. The van der Waals surface area contributed by atoms with Gasteiger partial charge in [0.25, 0.3) is 0 Å². The quantitative estimate of drug-likeness (QED) is 0.489. The third kappa shape index (κ3) is 8.44. The number of sulfonamides is 1. The largest absolute Gasteiger partial charge is 0.497 e. The number of hydrogen-bond donors (Lipinski definition) is 1. The SMILES string of the molecule is CCOc1ccc(N(CC(=O)N(Cc2cccc(OC)c2)[C@@H](C)C(=O)NC(C)(C)C)S(C)(=O)=O)cc1. The molecule has 9 nitrogen and oxygen atoms in total. The molecule has 1 N–H and O–H groups in total. The van der Waals surface area contributed by atoms with Crippen LogP contribution >= 0.6 is 0 Å². The fraction of sp³-hybridized carbons (Fsp3) is 0.462. The third-order valence-corrected chi connectivity index (χ3v) is 6.41. The number of carbonyl (C=O) groups is 2. The number of benzene rings is 2. The minimum absolute atomic E-state index is 0.0929. The van der Waals surface area contributed by atoms with Crippen LogP contribution in [0.4, 0.5) is 5.69 Å². The van der Waals surface area contributed by atoms with Gasteiger partial charge in [-0.25, -0.2) is 8.42 Å². The Morgan fingerprint density at radius 2 is 1.69 bits per heavy atom. The van der Waals surface area contributed by atoms with Crippen molar-refractivity contribution in [3.8, 4) is 11.5 Å². The number of hydrogen-bond acceptors (Lipinski definition) is 6. The zero-order valence-electron chi connectivity index (χ0n) is 22.1. The monoisotopic (exact) mass is 519 g/mol. The van der Waals surface area contributed by atoms with Crippen molar-refractivity contribution in [3.63, 3.8) is 0 Å². The molecule has 2 aromatic carbocycles. The Morgan fingerprint density at radius 3 is 2.22 bits per heavy atom. The normalized spacial score (nSPS) is 12.4. The fourth-order valence-corrected chi connectivity index (χ4v) is 4.36. The zero-order valence-corrected chi connectivity index (χ0v) is 22.9. The van der Waals surface area contributed by atoms with Gasteiger partial charge in [-0.3, -0.25) is 13.9 Å².